The normalized spacial score (nSPS) is 15.2. The summed E-state index contributed by atoms with van der Waals surface area (Å²) in [6.07, 6.45) is 12.9. The van der Waals surface area contributed by atoms with E-state index in [1.807, 2.05) is 0 Å². The van der Waals surface area contributed by atoms with Crippen molar-refractivity contribution in [3.8, 4) is 0 Å². The maximum atomic E-state index is 2.44. The fourth-order valence-electron chi connectivity index (χ4n) is 2.36. The molecule has 2 unspecified atom stereocenters. The second-order valence-electron chi connectivity index (χ2n) is 6.46. The Morgan fingerprint density at radius 2 is 1.18 bits per heavy atom. The molecule has 0 aliphatic carbocycles. The van der Waals surface area contributed by atoms with Gasteiger partial charge in [-0.1, -0.05) is 92.4 Å². The van der Waals surface area contributed by atoms with Crippen LogP contribution >= 0.6 is 0 Å². The molecule has 0 spiro atoms. The molecule has 17 heavy (non-hydrogen) atoms. The summed E-state index contributed by atoms with van der Waals surface area (Å²) in [6, 6.07) is 0. The van der Waals surface area contributed by atoms with Gasteiger partial charge in [0.25, 0.3) is 0 Å². The molecule has 0 rings (SSSR count). The van der Waals surface area contributed by atoms with Crippen LogP contribution in [0.1, 0.15) is 92.4 Å². The fraction of sp³-hybridized carbons (Fsp3) is 1.00. The summed E-state index contributed by atoms with van der Waals surface area (Å²) in [4.78, 5) is 0. The summed E-state index contributed by atoms with van der Waals surface area (Å²) < 4.78 is 0. The van der Waals surface area contributed by atoms with Crippen LogP contribution in [0.3, 0.4) is 0 Å². The third kappa shape index (κ3) is 10.9. The summed E-state index contributed by atoms with van der Waals surface area (Å²) >= 11 is 0. The van der Waals surface area contributed by atoms with E-state index in [9.17, 15) is 0 Å². The molecule has 0 radical (unpaired) electrons. The highest BCUT2D eigenvalue weighted by Gasteiger charge is 2.07. The zero-order chi connectivity index (χ0) is 13.1. The minimum atomic E-state index is 0.862. The minimum Gasteiger partial charge on any atom is -0.0654 e. The molecular weight excluding hydrogens is 204 g/mol. The highest BCUT2D eigenvalue weighted by molar-refractivity contribution is 4.59. The van der Waals surface area contributed by atoms with E-state index in [-0.39, 0.29) is 0 Å². The van der Waals surface area contributed by atoms with Crippen LogP contribution in [0.5, 0.6) is 0 Å². The first-order chi connectivity index (χ1) is 8.07. The van der Waals surface area contributed by atoms with Gasteiger partial charge in [0, 0.05) is 0 Å². The molecule has 0 bridgehead atoms. The monoisotopic (exact) mass is 240 g/mol. The first kappa shape index (κ1) is 17.0. The number of hydrogen-bond acceptors (Lipinski definition) is 0. The largest absolute Gasteiger partial charge is 0.0654 e. The highest BCUT2D eigenvalue weighted by atomic mass is 14.1. The summed E-state index contributed by atoms with van der Waals surface area (Å²) in [5, 5.41) is 0. The Kier molecular flexibility index (Phi) is 11.1. The lowest BCUT2D eigenvalue weighted by Gasteiger charge is -2.16. The van der Waals surface area contributed by atoms with Crippen LogP contribution in [0.15, 0.2) is 0 Å². The van der Waals surface area contributed by atoms with Crippen LogP contribution in [0.4, 0.5) is 0 Å². The van der Waals surface area contributed by atoms with Gasteiger partial charge in [-0.05, 0) is 17.8 Å². The van der Waals surface area contributed by atoms with E-state index in [1.165, 1.54) is 57.8 Å². The number of hydrogen-bond donors (Lipinski definition) is 0. The van der Waals surface area contributed by atoms with E-state index in [1.54, 1.807) is 0 Å². The number of rotatable bonds is 11. The average Bonchev–Trinajstić information content (AvgIpc) is 2.29. The fourth-order valence-corrected chi connectivity index (χ4v) is 2.36. The molecule has 0 saturated heterocycles. The van der Waals surface area contributed by atoms with E-state index >= 15 is 0 Å². The van der Waals surface area contributed by atoms with Gasteiger partial charge in [0.1, 0.15) is 0 Å². The van der Waals surface area contributed by atoms with Crippen molar-refractivity contribution in [1.29, 1.82) is 0 Å². The molecule has 104 valence electrons. The Morgan fingerprint density at radius 3 is 1.71 bits per heavy atom. The number of unbranched alkanes of at least 4 members (excludes halogenated alkanes) is 4. The second-order valence-corrected chi connectivity index (χ2v) is 6.46. The van der Waals surface area contributed by atoms with Crippen molar-refractivity contribution < 1.29 is 0 Å². The lowest BCUT2D eigenvalue weighted by molar-refractivity contribution is 0.362. The van der Waals surface area contributed by atoms with Crippen LogP contribution in [-0.2, 0) is 0 Å². The molecule has 0 aromatic heterocycles. The van der Waals surface area contributed by atoms with Gasteiger partial charge in [-0.2, -0.15) is 0 Å². The van der Waals surface area contributed by atoms with Crippen molar-refractivity contribution in [2.45, 2.75) is 92.4 Å². The molecule has 0 heteroatoms. The molecule has 0 aliphatic rings. The van der Waals surface area contributed by atoms with Gasteiger partial charge in [-0.15, -0.1) is 0 Å². The van der Waals surface area contributed by atoms with Crippen molar-refractivity contribution in [2.24, 2.45) is 17.8 Å². The van der Waals surface area contributed by atoms with Crippen molar-refractivity contribution in [3.05, 3.63) is 0 Å². The predicted octanol–water partition coefficient (Wildman–Crippen LogP) is 6.45. The molecule has 0 heterocycles. The molecule has 2 atom stereocenters. The summed E-state index contributed by atoms with van der Waals surface area (Å²) in [5.74, 6) is 2.73. The predicted molar refractivity (Wildman–Crippen MR) is 80.4 cm³/mol. The standard InChI is InChI=1S/C17H36/c1-6-7-8-9-12-16(4)13-10-11-14-17(5)15(2)3/h15-17H,6-14H2,1-5H3. The third-order valence-electron chi connectivity index (χ3n) is 4.29. The lowest BCUT2D eigenvalue weighted by atomic mass is 9.90. The molecule has 0 amide bonds. The third-order valence-corrected chi connectivity index (χ3v) is 4.29. The van der Waals surface area contributed by atoms with Crippen LogP contribution in [0.2, 0.25) is 0 Å². The molecule has 0 aromatic carbocycles. The lowest BCUT2D eigenvalue weighted by Crippen LogP contribution is -2.04. The maximum Gasteiger partial charge on any atom is -0.0420 e. The average molecular weight is 240 g/mol. The second kappa shape index (κ2) is 11.1. The van der Waals surface area contributed by atoms with Gasteiger partial charge in [-0.3, -0.25) is 0 Å². The zero-order valence-corrected chi connectivity index (χ0v) is 13.1. The van der Waals surface area contributed by atoms with Gasteiger partial charge < -0.3 is 0 Å². The molecule has 0 fully saturated rings. The Morgan fingerprint density at radius 1 is 0.647 bits per heavy atom. The first-order valence-electron chi connectivity index (χ1n) is 8.07. The van der Waals surface area contributed by atoms with E-state index in [0.717, 1.165) is 17.8 Å². The zero-order valence-electron chi connectivity index (χ0n) is 13.1. The molecule has 0 aromatic rings. The van der Waals surface area contributed by atoms with Gasteiger partial charge in [0.2, 0.25) is 0 Å². The van der Waals surface area contributed by atoms with Crippen molar-refractivity contribution in [2.75, 3.05) is 0 Å². The molecule has 0 nitrogen and oxygen atoms in total. The SMILES string of the molecule is CCCCCCC(C)CCCCC(C)C(C)C. The summed E-state index contributed by atoms with van der Waals surface area (Å²) in [6.45, 7) is 11.8. The van der Waals surface area contributed by atoms with E-state index in [0.29, 0.717) is 0 Å². The molecule has 0 saturated carbocycles. The Balaban J connectivity index is 3.30. The van der Waals surface area contributed by atoms with Crippen molar-refractivity contribution in [1.82, 2.24) is 0 Å². The van der Waals surface area contributed by atoms with Gasteiger partial charge in [0.05, 0.1) is 0 Å². The maximum absolute atomic E-state index is 2.44. The molecule has 0 N–H and O–H groups in total. The quantitative estimate of drug-likeness (QED) is 0.364. The topological polar surface area (TPSA) is 0 Å². The molecular formula is C17H36. The van der Waals surface area contributed by atoms with E-state index in [2.05, 4.69) is 34.6 Å². The van der Waals surface area contributed by atoms with E-state index < -0.39 is 0 Å². The van der Waals surface area contributed by atoms with Crippen molar-refractivity contribution >= 4 is 0 Å². The van der Waals surface area contributed by atoms with Crippen LogP contribution in [0.25, 0.3) is 0 Å². The minimum absolute atomic E-state index is 0.862. The summed E-state index contributed by atoms with van der Waals surface area (Å²) in [7, 11) is 0. The smallest absolute Gasteiger partial charge is 0.0420 e. The van der Waals surface area contributed by atoms with Crippen LogP contribution in [-0.4, -0.2) is 0 Å². The van der Waals surface area contributed by atoms with Gasteiger partial charge in [-0.25, -0.2) is 0 Å². The molecule has 0 aliphatic heterocycles. The van der Waals surface area contributed by atoms with Gasteiger partial charge in [0.15, 0.2) is 0 Å². The summed E-state index contributed by atoms with van der Waals surface area (Å²) in [5.41, 5.74) is 0. The van der Waals surface area contributed by atoms with Gasteiger partial charge >= 0.3 is 0 Å². The van der Waals surface area contributed by atoms with Crippen LogP contribution in [0, 0.1) is 17.8 Å². The van der Waals surface area contributed by atoms with E-state index in [4.69, 9.17) is 0 Å². The Hall–Kier alpha value is 0. The Bertz CT molecular complexity index is 148. The first-order valence-corrected chi connectivity index (χ1v) is 8.07. The van der Waals surface area contributed by atoms with Crippen LogP contribution < -0.4 is 0 Å². The van der Waals surface area contributed by atoms with Crippen molar-refractivity contribution in [3.63, 3.8) is 0 Å². The Labute approximate surface area is 111 Å². The highest BCUT2D eigenvalue weighted by Crippen LogP contribution is 2.21.